The highest BCUT2D eigenvalue weighted by molar-refractivity contribution is 7.10. The maximum Gasteiger partial charge on any atom is 0.410 e. The van der Waals surface area contributed by atoms with Gasteiger partial charge in [0.25, 0.3) is 0 Å². The zero-order chi connectivity index (χ0) is 17.0. The fourth-order valence-electron chi connectivity index (χ4n) is 2.60. The molecule has 0 radical (unpaired) electrons. The van der Waals surface area contributed by atoms with Crippen LogP contribution in [-0.2, 0) is 4.74 Å². The summed E-state index contributed by atoms with van der Waals surface area (Å²) >= 11 is 1.78. The molecule has 1 amide bonds. The minimum absolute atomic E-state index is 0.181. The number of nitrogens with zero attached hydrogens (tertiary/aromatic N) is 1. The van der Waals surface area contributed by atoms with Gasteiger partial charge in [-0.3, -0.25) is 0 Å². The number of ether oxygens (including phenoxy) is 1. The third-order valence-electron chi connectivity index (χ3n) is 3.85. The van der Waals surface area contributed by atoms with E-state index in [-0.39, 0.29) is 6.09 Å². The third-order valence-corrected chi connectivity index (χ3v) is 4.80. The Hall–Kier alpha value is -1.07. The Kier molecular flexibility index (Phi) is 6.09. The maximum atomic E-state index is 12.4. The smallest absolute Gasteiger partial charge is 0.410 e. The van der Waals surface area contributed by atoms with Gasteiger partial charge in [-0.1, -0.05) is 19.9 Å². The van der Waals surface area contributed by atoms with Crippen LogP contribution in [-0.4, -0.2) is 35.7 Å². The molecule has 4 nitrogen and oxygen atoms in total. The van der Waals surface area contributed by atoms with E-state index in [4.69, 9.17) is 4.74 Å². The molecular formula is C18H30N2O2S. The first-order valence-corrected chi connectivity index (χ1v) is 9.42. The minimum atomic E-state index is -0.435. The van der Waals surface area contributed by atoms with Gasteiger partial charge in [0.05, 0.1) is 0 Å². The summed E-state index contributed by atoms with van der Waals surface area (Å²) in [6, 6.07) is 4.98. The van der Waals surface area contributed by atoms with Gasteiger partial charge in [-0.15, -0.1) is 11.3 Å². The highest BCUT2D eigenvalue weighted by atomic mass is 32.1. The predicted molar refractivity (Wildman–Crippen MR) is 95.9 cm³/mol. The van der Waals surface area contributed by atoms with Crippen molar-refractivity contribution in [2.75, 3.05) is 13.1 Å². The van der Waals surface area contributed by atoms with Crippen molar-refractivity contribution in [3.63, 3.8) is 0 Å². The summed E-state index contributed by atoms with van der Waals surface area (Å²) in [5.74, 6) is 0.518. The lowest BCUT2D eigenvalue weighted by atomic mass is 10.0. The fourth-order valence-corrected chi connectivity index (χ4v) is 3.58. The lowest BCUT2D eigenvalue weighted by molar-refractivity contribution is 0.0234. The number of hydrogen-bond acceptors (Lipinski definition) is 4. The molecule has 1 aliphatic rings. The molecule has 1 heterocycles. The van der Waals surface area contributed by atoms with Crippen molar-refractivity contribution in [3.8, 4) is 0 Å². The Morgan fingerprint density at radius 3 is 2.61 bits per heavy atom. The summed E-state index contributed by atoms with van der Waals surface area (Å²) in [6.45, 7) is 11.7. The SMILES string of the molecule is CC(C)C(NCCN(C(=O)OC(C)(C)C)C1CC1)c1cccs1. The molecule has 1 unspecified atom stereocenters. The van der Waals surface area contributed by atoms with E-state index in [9.17, 15) is 4.79 Å². The van der Waals surface area contributed by atoms with Crippen LogP contribution in [0, 0.1) is 5.92 Å². The minimum Gasteiger partial charge on any atom is -0.444 e. The second-order valence-corrected chi connectivity index (χ2v) is 8.58. The van der Waals surface area contributed by atoms with E-state index in [0.29, 0.717) is 24.5 Å². The van der Waals surface area contributed by atoms with Crippen molar-refractivity contribution < 1.29 is 9.53 Å². The second kappa shape index (κ2) is 7.67. The fraction of sp³-hybridized carbons (Fsp3) is 0.722. The Balaban J connectivity index is 1.87. The Bertz CT molecular complexity index is 490. The van der Waals surface area contributed by atoms with Gasteiger partial charge < -0.3 is 15.0 Å². The van der Waals surface area contributed by atoms with Gasteiger partial charge in [-0.2, -0.15) is 0 Å². The van der Waals surface area contributed by atoms with Crippen LogP contribution in [0.3, 0.4) is 0 Å². The lowest BCUT2D eigenvalue weighted by Gasteiger charge is -2.28. The summed E-state index contributed by atoms with van der Waals surface area (Å²) in [4.78, 5) is 15.6. The molecule has 1 atom stereocenters. The van der Waals surface area contributed by atoms with Crippen LogP contribution in [0.2, 0.25) is 0 Å². The van der Waals surface area contributed by atoms with Crippen LogP contribution in [0.25, 0.3) is 0 Å². The first-order valence-electron chi connectivity index (χ1n) is 8.54. The average Bonchev–Trinajstić information content (AvgIpc) is 3.11. The average molecular weight is 339 g/mol. The molecule has 1 fully saturated rings. The largest absolute Gasteiger partial charge is 0.444 e. The van der Waals surface area contributed by atoms with E-state index in [1.165, 1.54) is 4.88 Å². The molecule has 2 rings (SSSR count). The molecule has 1 aliphatic carbocycles. The highest BCUT2D eigenvalue weighted by Crippen LogP contribution is 2.29. The van der Waals surface area contributed by atoms with Crippen molar-refractivity contribution >= 4 is 17.4 Å². The van der Waals surface area contributed by atoms with Crippen LogP contribution >= 0.6 is 11.3 Å². The second-order valence-electron chi connectivity index (χ2n) is 7.60. The number of thiophene rings is 1. The van der Waals surface area contributed by atoms with Crippen LogP contribution in [0.4, 0.5) is 4.79 Å². The standard InChI is InChI=1S/C18H30N2O2S/c1-13(2)16(15-7-6-12-23-15)19-10-11-20(14-8-9-14)17(21)22-18(3,4)5/h6-7,12-14,16,19H,8-11H2,1-5H3. The monoisotopic (exact) mass is 338 g/mol. The van der Waals surface area contributed by atoms with Crippen molar-refractivity contribution in [1.82, 2.24) is 10.2 Å². The van der Waals surface area contributed by atoms with E-state index in [2.05, 4.69) is 36.7 Å². The zero-order valence-electron chi connectivity index (χ0n) is 15.0. The number of carbonyl (C=O) groups excluding carboxylic acids is 1. The van der Waals surface area contributed by atoms with E-state index >= 15 is 0 Å². The van der Waals surface area contributed by atoms with E-state index in [1.54, 1.807) is 11.3 Å². The van der Waals surface area contributed by atoms with Crippen molar-refractivity contribution in [2.45, 2.75) is 65.1 Å². The number of rotatable bonds is 7. The van der Waals surface area contributed by atoms with E-state index in [1.807, 2.05) is 25.7 Å². The Labute approximate surface area is 144 Å². The van der Waals surface area contributed by atoms with Gasteiger partial charge in [0.2, 0.25) is 0 Å². The van der Waals surface area contributed by atoms with Gasteiger partial charge in [0.15, 0.2) is 0 Å². The van der Waals surface area contributed by atoms with E-state index in [0.717, 1.165) is 19.4 Å². The molecule has 0 aliphatic heterocycles. The Morgan fingerprint density at radius 1 is 1.43 bits per heavy atom. The number of amides is 1. The van der Waals surface area contributed by atoms with Gasteiger partial charge >= 0.3 is 6.09 Å². The third kappa shape index (κ3) is 5.81. The number of nitrogens with one attached hydrogen (secondary N) is 1. The highest BCUT2D eigenvalue weighted by Gasteiger charge is 2.35. The first kappa shape index (κ1) is 18.3. The molecule has 1 saturated carbocycles. The molecule has 0 aromatic carbocycles. The normalized spacial score (nSPS) is 16.4. The van der Waals surface area contributed by atoms with E-state index < -0.39 is 5.60 Å². The van der Waals surface area contributed by atoms with Gasteiger partial charge in [0.1, 0.15) is 5.60 Å². The van der Waals surface area contributed by atoms with Crippen molar-refractivity contribution in [2.24, 2.45) is 5.92 Å². The molecule has 0 bridgehead atoms. The molecule has 130 valence electrons. The molecule has 5 heteroatoms. The first-order chi connectivity index (χ1) is 10.8. The quantitative estimate of drug-likeness (QED) is 0.799. The number of hydrogen-bond donors (Lipinski definition) is 1. The molecule has 1 aromatic rings. The van der Waals surface area contributed by atoms with Crippen LogP contribution in [0.5, 0.6) is 0 Å². The molecule has 0 saturated heterocycles. The van der Waals surface area contributed by atoms with Gasteiger partial charge in [-0.05, 0) is 51.0 Å². The maximum absolute atomic E-state index is 12.4. The van der Waals surface area contributed by atoms with Crippen LogP contribution in [0.1, 0.15) is 58.4 Å². The topological polar surface area (TPSA) is 41.6 Å². The molecule has 1 N–H and O–H groups in total. The van der Waals surface area contributed by atoms with Crippen molar-refractivity contribution in [3.05, 3.63) is 22.4 Å². The van der Waals surface area contributed by atoms with Crippen molar-refractivity contribution in [1.29, 1.82) is 0 Å². The lowest BCUT2D eigenvalue weighted by Crippen LogP contribution is -2.42. The van der Waals surface area contributed by atoms with Gasteiger partial charge in [-0.25, -0.2) is 4.79 Å². The summed E-state index contributed by atoms with van der Waals surface area (Å²) in [5.41, 5.74) is -0.435. The molecule has 1 aromatic heterocycles. The zero-order valence-corrected chi connectivity index (χ0v) is 15.8. The summed E-state index contributed by atoms with van der Waals surface area (Å²) < 4.78 is 5.54. The molecular weight excluding hydrogens is 308 g/mol. The molecule has 0 spiro atoms. The Morgan fingerprint density at radius 2 is 2.13 bits per heavy atom. The number of carbonyl (C=O) groups is 1. The summed E-state index contributed by atoms with van der Waals surface area (Å²) in [7, 11) is 0. The predicted octanol–water partition coefficient (Wildman–Crippen LogP) is 4.43. The summed E-state index contributed by atoms with van der Waals surface area (Å²) in [5, 5.41) is 5.73. The summed E-state index contributed by atoms with van der Waals surface area (Å²) in [6.07, 6.45) is 2.01. The van der Waals surface area contributed by atoms with Crippen LogP contribution in [0.15, 0.2) is 17.5 Å². The van der Waals surface area contributed by atoms with Crippen LogP contribution < -0.4 is 5.32 Å². The van der Waals surface area contributed by atoms with Gasteiger partial charge in [0, 0.05) is 30.1 Å². The molecule has 23 heavy (non-hydrogen) atoms.